The van der Waals surface area contributed by atoms with Crippen LogP contribution in [0.25, 0.3) is 0 Å². The van der Waals surface area contributed by atoms with Gasteiger partial charge in [-0.1, -0.05) is 0 Å². The maximum atomic E-state index is 10.7. The van der Waals surface area contributed by atoms with E-state index in [-0.39, 0.29) is 5.56 Å². The molecular weight excluding hydrogens is 262 g/mol. The number of aromatic carboxylic acids is 1. The molecule has 1 fully saturated rings. The van der Waals surface area contributed by atoms with E-state index < -0.39 is 5.97 Å². The van der Waals surface area contributed by atoms with Crippen LogP contribution in [-0.4, -0.2) is 34.1 Å². The fourth-order valence-electron chi connectivity index (χ4n) is 1.57. The SMILES string of the molecule is O=C(O)c1cnc(N2CCCC2)nc1Br. The topological polar surface area (TPSA) is 66.3 Å². The molecule has 0 aromatic carbocycles. The number of anilines is 1. The number of halogens is 1. The summed E-state index contributed by atoms with van der Waals surface area (Å²) in [5.74, 6) is -0.417. The average Bonchev–Trinajstić information content (AvgIpc) is 2.69. The first kappa shape index (κ1) is 10.4. The first-order chi connectivity index (χ1) is 7.18. The predicted molar refractivity (Wildman–Crippen MR) is 58.1 cm³/mol. The monoisotopic (exact) mass is 271 g/mol. The zero-order valence-corrected chi connectivity index (χ0v) is 9.57. The Morgan fingerprint density at radius 2 is 2.13 bits per heavy atom. The van der Waals surface area contributed by atoms with Crippen LogP contribution in [0.4, 0.5) is 5.95 Å². The van der Waals surface area contributed by atoms with Gasteiger partial charge in [-0.3, -0.25) is 0 Å². The van der Waals surface area contributed by atoms with Crippen molar-refractivity contribution in [2.24, 2.45) is 0 Å². The summed E-state index contributed by atoms with van der Waals surface area (Å²) in [5, 5.41) is 8.80. The predicted octanol–water partition coefficient (Wildman–Crippen LogP) is 1.54. The van der Waals surface area contributed by atoms with Crippen LogP contribution in [-0.2, 0) is 0 Å². The van der Waals surface area contributed by atoms with Crippen LogP contribution in [0.2, 0.25) is 0 Å². The molecule has 2 rings (SSSR count). The summed E-state index contributed by atoms with van der Waals surface area (Å²) in [6.45, 7) is 1.89. The van der Waals surface area contributed by atoms with Crippen LogP contribution in [0.15, 0.2) is 10.8 Å². The molecule has 1 aliphatic rings. The van der Waals surface area contributed by atoms with Crippen molar-refractivity contribution in [3.8, 4) is 0 Å². The lowest BCUT2D eigenvalue weighted by Crippen LogP contribution is -2.21. The van der Waals surface area contributed by atoms with Gasteiger partial charge in [0, 0.05) is 19.3 Å². The lowest BCUT2D eigenvalue weighted by molar-refractivity contribution is 0.0695. The summed E-state index contributed by atoms with van der Waals surface area (Å²) in [4.78, 5) is 21.0. The van der Waals surface area contributed by atoms with Crippen molar-refractivity contribution >= 4 is 27.8 Å². The van der Waals surface area contributed by atoms with E-state index in [1.807, 2.05) is 0 Å². The highest BCUT2D eigenvalue weighted by atomic mass is 79.9. The number of nitrogens with zero attached hydrogens (tertiary/aromatic N) is 3. The molecule has 0 atom stereocenters. The molecule has 0 amide bonds. The minimum absolute atomic E-state index is 0.0953. The first-order valence-electron chi connectivity index (χ1n) is 4.69. The highest BCUT2D eigenvalue weighted by Gasteiger charge is 2.17. The van der Waals surface area contributed by atoms with Crippen LogP contribution >= 0.6 is 15.9 Å². The third-order valence-electron chi connectivity index (χ3n) is 2.35. The van der Waals surface area contributed by atoms with Gasteiger partial charge >= 0.3 is 5.97 Å². The molecule has 1 saturated heterocycles. The van der Waals surface area contributed by atoms with Gasteiger partial charge in [0.05, 0.1) is 0 Å². The first-order valence-corrected chi connectivity index (χ1v) is 5.48. The second-order valence-corrected chi connectivity index (χ2v) is 4.12. The third kappa shape index (κ3) is 2.09. The Bertz CT molecular complexity index is 391. The molecule has 0 aliphatic carbocycles. The smallest absolute Gasteiger partial charge is 0.340 e. The molecule has 0 unspecified atom stereocenters. The van der Waals surface area contributed by atoms with Gasteiger partial charge in [0.15, 0.2) is 0 Å². The van der Waals surface area contributed by atoms with Crippen LogP contribution < -0.4 is 4.90 Å². The Morgan fingerprint density at radius 1 is 1.47 bits per heavy atom. The largest absolute Gasteiger partial charge is 0.478 e. The number of carbonyl (C=O) groups is 1. The molecule has 5 nitrogen and oxygen atoms in total. The second-order valence-electron chi connectivity index (χ2n) is 3.37. The van der Waals surface area contributed by atoms with Crippen molar-refractivity contribution in [3.63, 3.8) is 0 Å². The van der Waals surface area contributed by atoms with E-state index in [2.05, 4.69) is 30.8 Å². The van der Waals surface area contributed by atoms with Crippen LogP contribution in [0.3, 0.4) is 0 Å². The number of hydrogen-bond donors (Lipinski definition) is 1. The molecule has 0 spiro atoms. The molecule has 1 aliphatic heterocycles. The number of carboxylic acid groups (broad SMARTS) is 1. The molecule has 0 radical (unpaired) electrons. The van der Waals surface area contributed by atoms with E-state index >= 15 is 0 Å². The van der Waals surface area contributed by atoms with Gasteiger partial charge < -0.3 is 10.0 Å². The van der Waals surface area contributed by atoms with Gasteiger partial charge in [-0.15, -0.1) is 0 Å². The number of carboxylic acids is 1. The van der Waals surface area contributed by atoms with E-state index in [1.54, 1.807) is 0 Å². The maximum absolute atomic E-state index is 10.7. The third-order valence-corrected chi connectivity index (χ3v) is 2.95. The van der Waals surface area contributed by atoms with Gasteiger partial charge in [-0.25, -0.2) is 14.8 Å². The van der Waals surface area contributed by atoms with Gasteiger partial charge in [0.25, 0.3) is 0 Å². The molecule has 1 N–H and O–H groups in total. The number of hydrogen-bond acceptors (Lipinski definition) is 4. The summed E-state index contributed by atoms with van der Waals surface area (Å²) in [5.41, 5.74) is 0.0953. The van der Waals surface area contributed by atoms with E-state index in [4.69, 9.17) is 5.11 Å². The Balaban J connectivity index is 2.28. The van der Waals surface area contributed by atoms with Crippen molar-refractivity contribution in [2.45, 2.75) is 12.8 Å². The van der Waals surface area contributed by atoms with Gasteiger partial charge in [-0.05, 0) is 28.8 Å². The minimum Gasteiger partial charge on any atom is -0.478 e. The Labute approximate surface area is 95.3 Å². The standard InChI is InChI=1S/C9H10BrN3O2/c10-7-6(8(14)15)5-11-9(12-7)13-3-1-2-4-13/h5H,1-4H2,(H,14,15). The van der Waals surface area contributed by atoms with Gasteiger partial charge in [0.1, 0.15) is 10.2 Å². The zero-order chi connectivity index (χ0) is 10.8. The molecule has 1 aromatic heterocycles. The van der Waals surface area contributed by atoms with Crippen molar-refractivity contribution in [2.75, 3.05) is 18.0 Å². The summed E-state index contributed by atoms with van der Waals surface area (Å²) >= 11 is 3.14. The highest BCUT2D eigenvalue weighted by Crippen LogP contribution is 2.20. The molecule has 15 heavy (non-hydrogen) atoms. The summed E-state index contributed by atoms with van der Waals surface area (Å²) in [6.07, 6.45) is 3.62. The second kappa shape index (κ2) is 4.14. The summed E-state index contributed by atoms with van der Waals surface area (Å²) < 4.78 is 0.340. The lowest BCUT2D eigenvalue weighted by Gasteiger charge is -2.14. The van der Waals surface area contributed by atoms with E-state index in [0.29, 0.717) is 10.6 Å². The highest BCUT2D eigenvalue weighted by molar-refractivity contribution is 9.10. The average molecular weight is 272 g/mol. The molecule has 80 valence electrons. The van der Waals surface area contributed by atoms with Gasteiger partial charge in [0.2, 0.25) is 5.95 Å². The van der Waals surface area contributed by atoms with Crippen molar-refractivity contribution in [3.05, 3.63) is 16.4 Å². The molecule has 6 heteroatoms. The van der Waals surface area contributed by atoms with Crippen LogP contribution in [0.1, 0.15) is 23.2 Å². The fourth-order valence-corrected chi connectivity index (χ4v) is 2.00. The number of rotatable bonds is 2. The van der Waals surface area contributed by atoms with E-state index in [0.717, 1.165) is 25.9 Å². The van der Waals surface area contributed by atoms with Crippen molar-refractivity contribution in [1.82, 2.24) is 9.97 Å². The van der Waals surface area contributed by atoms with Crippen molar-refractivity contribution < 1.29 is 9.90 Å². The fraction of sp³-hybridized carbons (Fsp3) is 0.444. The van der Waals surface area contributed by atoms with E-state index in [1.165, 1.54) is 6.20 Å². The molecule has 2 heterocycles. The molecule has 1 aromatic rings. The Hall–Kier alpha value is -1.17. The van der Waals surface area contributed by atoms with E-state index in [9.17, 15) is 4.79 Å². The van der Waals surface area contributed by atoms with Crippen LogP contribution in [0, 0.1) is 0 Å². The Kier molecular flexibility index (Phi) is 2.86. The van der Waals surface area contributed by atoms with Crippen molar-refractivity contribution in [1.29, 1.82) is 0 Å². The maximum Gasteiger partial charge on any atom is 0.340 e. The number of aromatic nitrogens is 2. The summed E-state index contributed by atoms with van der Waals surface area (Å²) in [6, 6.07) is 0. The lowest BCUT2D eigenvalue weighted by atomic mass is 10.3. The minimum atomic E-state index is -1.02. The normalized spacial score (nSPS) is 15.7. The Morgan fingerprint density at radius 3 is 2.67 bits per heavy atom. The molecular formula is C9H10BrN3O2. The zero-order valence-electron chi connectivity index (χ0n) is 7.98. The van der Waals surface area contributed by atoms with Gasteiger partial charge in [-0.2, -0.15) is 0 Å². The quantitative estimate of drug-likeness (QED) is 0.827. The summed E-state index contributed by atoms with van der Waals surface area (Å²) in [7, 11) is 0. The molecule has 0 saturated carbocycles. The molecule has 0 bridgehead atoms. The van der Waals surface area contributed by atoms with Crippen LogP contribution in [0.5, 0.6) is 0 Å².